The molecule has 142 valence electrons. The molecule has 2 N–H and O–H groups in total. The van der Waals surface area contributed by atoms with Crippen molar-refractivity contribution in [2.45, 2.75) is 33.1 Å². The van der Waals surface area contributed by atoms with Crippen molar-refractivity contribution in [3.05, 3.63) is 34.9 Å². The number of fused-ring (bicyclic) bond motifs is 1. The third kappa shape index (κ3) is 3.48. The first kappa shape index (κ1) is 20.4. The molecule has 1 saturated heterocycles. The lowest BCUT2D eigenvalue weighted by atomic mass is 9.90. The van der Waals surface area contributed by atoms with Gasteiger partial charge in [-0.25, -0.2) is 0 Å². The van der Waals surface area contributed by atoms with Gasteiger partial charge in [0.2, 0.25) is 0 Å². The van der Waals surface area contributed by atoms with Crippen molar-refractivity contribution in [1.29, 1.82) is 0 Å². The lowest BCUT2D eigenvalue weighted by Gasteiger charge is -2.22. The van der Waals surface area contributed by atoms with Crippen molar-refractivity contribution in [3.63, 3.8) is 0 Å². The number of rotatable bonds is 5. The molecule has 26 heavy (non-hydrogen) atoms. The van der Waals surface area contributed by atoms with Crippen LogP contribution in [0.4, 0.5) is 0 Å². The van der Waals surface area contributed by atoms with Gasteiger partial charge in [-0.2, -0.15) is 0 Å². The standard InChI is InChI=1S/C19H25N3O3.ClH/c1-3-4-8-22-17(24)14-6-5-13(10-15(14)18(22)25)16(23)21-9-7-19(2,11-20)12-21;/h5-6,10H,3-4,7-9,11-12,20H2,1-2H3;1H. The van der Waals surface area contributed by atoms with Crippen LogP contribution in [0.5, 0.6) is 0 Å². The fourth-order valence-electron chi connectivity index (χ4n) is 3.49. The molecule has 0 radical (unpaired) electrons. The minimum Gasteiger partial charge on any atom is -0.338 e. The first-order valence-corrected chi connectivity index (χ1v) is 8.90. The molecule has 0 bridgehead atoms. The molecule has 0 aromatic heterocycles. The molecule has 2 heterocycles. The van der Waals surface area contributed by atoms with E-state index in [4.69, 9.17) is 5.73 Å². The number of likely N-dealkylation sites (tertiary alicyclic amines) is 1. The van der Waals surface area contributed by atoms with Gasteiger partial charge < -0.3 is 10.6 Å². The largest absolute Gasteiger partial charge is 0.338 e. The van der Waals surface area contributed by atoms with Crippen LogP contribution in [0.3, 0.4) is 0 Å². The van der Waals surface area contributed by atoms with Gasteiger partial charge in [0.15, 0.2) is 0 Å². The van der Waals surface area contributed by atoms with Gasteiger partial charge in [-0.3, -0.25) is 19.3 Å². The second kappa shape index (κ2) is 7.76. The number of carbonyl (C=O) groups excluding carboxylic acids is 3. The summed E-state index contributed by atoms with van der Waals surface area (Å²) in [6.45, 7) is 6.35. The Kier molecular flexibility index (Phi) is 6.09. The Balaban J connectivity index is 0.00000243. The zero-order valence-corrected chi connectivity index (χ0v) is 16.1. The van der Waals surface area contributed by atoms with E-state index in [0.717, 1.165) is 19.3 Å². The molecule has 1 aromatic carbocycles. The predicted molar refractivity (Wildman–Crippen MR) is 102 cm³/mol. The molecule has 3 amide bonds. The fourth-order valence-corrected chi connectivity index (χ4v) is 3.49. The summed E-state index contributed by atoms with van der Waals surface area (Å²) >= 11 is 0. The molecule has 0 aliphatic carbocycles. The van der Waals surface area contributed by atoms with Crippen molar-refractivity contribution in [1.82, 2.24) is 9.80 Å². The van der Waals surface area contributed by atoms with Crippen molar-refractivity contribution in [2.75, 3.05) is 26.2 Å². The highest BCUT2D eigenvalue weighted by Gasteiger charge is 2.38. The molecule has 1 unspecified atom stereocenters. The minimum atomic E-state index is -0.295. The van der Waals surface area contributed by atoms with E-state index >= 15 is 0 Å². The van der Waals surface area contributed by atoms with Crippen LogP contribution in [0.2, 0.25) is 0 Å². The summed E-state index contributed by atoms with van der Waals surface area (Å²) in [6.07, 6.45) is 2.57. The first-order chi connectivity index (χ1) is 11.9. The molecule has 1 atom stereocenters. The highest BCUT2D eigenvalue weighted by Crippen LogP contribution is 2.30. The zero-order chi connectivity index (χ0) is 18.2. The van der Waals surface area contributed by atoms with Crippen LogP contribution in [-0.4, -0.2) is 53.7 Å². The van der Waals surface area contributed by atoms with Gasteiger partial charge in [0.05, 0.1) is 11.1 Å². The normalized spacial score (nSPS) is 21.8. The highest BCUT2D eigenvalue weighted by molar-refractivity contribution is 6.22. The van der Waals surface area contributed by atoms with E-state index in [1.165, 1.54) is 4.90 Å². The van der Waals surface area contributed by atoms with Crippen LogP contribution in [0.1, 0.15) is 64.2 Å². The Morgan fingerprint density at radius 3 is 2.54 bits per heavy atom. The number of nitrogens with two attached hydrogens (primary N) is 1. The maximum Gasteiger partial charge on any atom is 0.261 e. The molecule has 6 nitrogen and oxygen atoms in total. The third-order valence-corrected chi connectivity index (χ3v) is 5.29. The van der Waals surface area contributed by atoms with Crippen LogP contribution in [0.25, 0.3) is 0 Å². The third-order valence-electron chi connectivity index (χ3n) is 5.29. The summed E-state index contributed by atoms with van der Waals surface area (Å²) in [5.41, 5.74) is 6.95. The Morgan fingerprint density at radius 1 is 1.23 bits per heavy atom. The molecule has 2 aliphatic rings. The van der Waals surface area contributed by atoms with Crippen LogP contribution in [0.15, 0.2) is 18.2 Å². The van der Waals surface area contributed by atoms with Crippen LogP contribution in [0, 0.1) is 5.41 Å². The van der Waals surface area contributed by atoms with Crippen LogP contribution in [-0.2, 0) is 0 Å². The van der Waals surface area contributed by atoms with E-state index in [1.54, 1.807) is 23.1 Å². The average molecular weight is 380 g/mol. The first-order valence-electron chi connectivity index (χ1n) is 8.90. The Labute approximate surface area is 160 Å². The molecule has 0 saturated carbocycles. The quantitative estimate of drug-likeness (QED) is 0.796. The van der Waals surface area contributed by atoms with Gasteiger partial charge in [0.25, 0.3) is 17.7 Å². The lowest BCUT2D eigenvalue weighted by molar-refractivity contribution is 0.0652. The Bertz CT molecular complexity index is 737. The maximum atomic E-state index is 12.8. The van der Waals surface area contributed by atoms with Crippen LogP contribution >= 0.6 is 12.4 Å². The van der Waals surface area contributed by atoms with Crippen molar-refractivity contribution in [3.8, 4) is 0 Å². The summed E-state index contributed by atoms with van der Waals surface area (Å²) in [4.78, 5) is 40.7. The lowest BCUT2D eigenvalue weighted by Crippen LogP contribution is -2.34. The van der Waals surface area contributed by atoms with Crippen LogP contribution < -0.4 is 5.73 Å². The average Bonchev–Trinajstić information content (AvgIpc) is 3.13. The number of benzene rings is 1. The molecular weight excluding hydrogens is 354 g/mol. The number of imide groups is 1. The smallest absolute Gasteiger partial charge is 0.261 e. The number of amides is 3. The number of carbonyl (C=O) groups is 3. The number of unbranched alkanes of at least 4 members (excludes halogenated alkanes) is 1. The minimum absolute atomic E-state index is 0. The second-order valence-electron chi connectivity index (χ2n) is 7.37. The summed E-state index contributed by atoms with van der Waals surface area (Å²) in [6, 6.07) is 4.82. The molecular formula is C19H26ClN3O3. The van der Waals surface area contributed by atoms with E-state index < -0.39 is 0 Å². The van der Waals surface area contributed by atoms with Gasteiger partial charge in [-0.1, -0.05) is 20.3 Å². The van der Waals surface area contributed by atoms with Gasteiger partial charge in [0, 0.05) is 25.2 Å². The molecule has 3 rings (SSSR count). The Hall–Kier alpha value is -1.92. The van der Waals surface area contributed by atoms with E-state index in [9.17, 15) is 14.4 Å². The van der Waals surface area contributed by atoms with Gasteiger partial charge in [0.1, 0.15) is 0 Å². The number of nitrogens with zero attached hydrogens (tertiary/aromatic N) is 2. The second-order valence-corrected chi connectivity index (χ2v) is 7.37. The molecule has 7 heteroatoms. The molecule has 0 spiro atoms. The van der Waals surface area contributed by atoms with Gasteiger partial charge in [-0.15, -0.1) is 12.4 Å². The predicted octanol–water partition coefficient (Wildman–Crippen LogP) is 2.32. The molecule has 1 fully saturated rings. The number of hydrogen-bond donors (Lipinski definition) is 1. The number of hydrogen-bond acceptors (Lipinski definition) is 4. The van der Waals surface area contributed by atoms with E-state index in [2.05, 4.69) is 6.92 Å². The molecule has 2 aliphatic heterocycles. The van der Waals surface area contributed by atoms with Crippen molar-refractivity contribution < 1.29 is 14.4 Å². The topological polar surface area (TPSA) is 83.7 Å². The van der Waals surface area contributed by atoms with Crippen molar-refractivity contribution >= 4 is 30.1 Å². The van der Waals surface area contributed by atoms with E-state index in [1.807, 2.05) is 6.92 Å². The maximum absolute atomic E-state index is 12.8. The van der Waals surface area contributed by atoms with E-state index in [-0.39, 0.29) is 35.5 Å². The summed E-state index contributed by atoms with van der Waals surface area (Å²) in [5, 5.41) is 0. The van der Waals surface area contributed by atoms with Gasteiger partial charge in [-0.05, 0) is 43.0 Å². The van der Waals surface area contributed by atoms with Crippen molar-refractivity contribution in [2.24, 2.45) is 11.1 Å². The summed E-state index contributed by atoms with van der Waals surface area (Å²) in [5.74, 6) is -0.659. The van der Waals surface area contributed by atoms with Gasteiger partial charge >= 0.3 is 0 Å². The van der Waals surface area contributed by atoms with E-state index in [0.29, 0.717) is 42.9 Å². The SMILES string of the molecule is CCCCN1C(=O)c2ccc(C(=O)N3CCC(C)(CN)C3)cc2C1=O.Cl. The number of halogens is 1. The highest BCUT2D eigenvalue weighted by atomic mass is 35.5. The Morgan fingerprint density at radius 2 is 1.92 bits per heavy atom. The fraction of sp³-hybridized carbons (Fsp3) is 0.526. The molecule has 1 aromatic rings. The summed E-state index contributed by atoms with van der Waals surface area (Å²) < 4.78 is 0. The zero-order valence-electron chi connectivity index (χ0n) is 15.3. The summed E-state index contributed by atoms with van der Waals surface area (Å²) in [7, 11) is 0. The monoisotopic (exact) mass is 379 g/mol.